The van der Waals surface area contributed by atoms with Gasteiger partial charge >= 0.3 is 0 Å². The molecule has 0 aliphatic carbocycles. The molecule has 3 heteroatoms. The average Bonchev–Trinajstić information content (AvgIpc) is 2.40. The zero-order valence-corrected chi connectivity index (χ0v) is 9.97. The van der Waals surface area contributed by atoms with Crippen LogP contribution < -0.4 is 4.74 Å². The van der Waals surface area contributed by atoms with Gasteiger partial charge in [0.2, 0.25) is 0 Å². The van der Waals surface area contributed by atoms with Crippen molar-refractivity contribution in [2.24, 2.45) is 0 Å². The molecule has 0 saturated carbocycles. The molecule has 3 nitrogen and oxygen atoms in total. The molecule has 0 aliphatic heterocycles. The zero-order chi connectivity index (χ0) is 11.9. The van der Waals surface area contributed by atoms with E-state index in [4.69, 9.17) is 4.74 Å². The molecule has 0 amide bonds. The van der Waals surface area contributed by atoms with E-state index in [-0.39, 0.29) is 0 Å². The van der Waals surface area contributed by atoms with E-state index in [1.54, 1.807) is 12.4 Å². The van der Waals surface area contributed by atoms with Gasteiger partial charge in [0.25, 0.3) is 0 Å². The highest BCUT2D eigenvalue weighted by Gasteiger charge is 1.98. The van der Waals surface area contributed by atoms with Crippen LogP contribution in [0.15, 0.2) is 42.7 Å². The maximum atomic E-state index is 5.60. The van der Waals surface area contributed by atoms with Crippen LogP contribution in [0.1, 0.15) is 24.7 Å². The molecule has 2 aromatic rings. The van der Waals surface area contributed by atoms with Gasteiger partial charge in [-0.05, 0) is 12.0 Å². The fraction of sp³-hybridized carbons (Fsp3) is 0.286. The minimum absolute atomic E-state index is 0.553. The van der Waals surface area contributed by atoms with E-state index in [1.165, 1.54) is 0 Å². The predicted octanol–water partition coefficient (Wildman–Crippen LogP) is 3.01. The second-order valence-electron chi connectivity index (χ2n) is 3.86. The molecule has 1 heterocycles. The molecule has 1 aromatic carbocycles. The number of aromatic nitrogens is 2. The topological polar surface area (TPSA) is 35.0 Å². The largest absolute Gasteiger partial charge is 0.486 e. The molecule has 0 atom stereocenters. The quantitative estimate of drug-likeness (QED) is 0.789. The second kappa shape index (κ2) is 5.99. The van der Waals surface area contributed by atoms with Gasteiger partial charge in [-0.25, -0.2) is 9.97 Å². The van der Waals surface area contributed by atoms with Gasteiger partial charge in [-0.3, -0.25) is 0 Å². The number of benzene rings is 1. The minimum atomic E-state index is 0.553. The predicted molar refractivity (Wildman–Crippen MR) is 66.8 cm³/mol. The van der Waals surface area contributed by atoms with Crippen molar-refractivity contribution in [3.05, 3.63) is 54.1 Å². The van der Waals surface area contributed by atoms with E-state index >= 15 is 0 Å². The maximum Gasteiger partial charge on any atom is 0.156 e. The summed E-state index contributed by atoms with van der Waals surface area (Å²) in [5.41, 5.74) is 1.14. The van der Waals surface area contributed by atoms with Crippen molar-refractivity contribution in [2.45, 2.75) is 26.4 Å². The van der Waals surface area contributed by atoms with Crippen LogP contribution in [0.2, 0.25) is 0 Å². The number of hydrogen-bond acceptors (Lipinski definition) is 3. The Balaban J connectivity index is 1.91. The summed E-state index contributed by atoms with van der Waals surface area (Å²) in [5, 5.41) is 0. The Kier molecular flexibility index (Phi) is 4.08. The first-order valence-electron chi connectivity index (χ1n) is 5.86. The van der Waals surface area contributed by atoms with E-state index in [9.17, 15) is 0 Å². The standard InChI is InChI=1S/C14H16N2O/c1-2-6-14-15-9-13(10-16-14)17-11-12-7-4-3-5-8-12/h3-5,7-10H,2,6,11H2,1H3. The molecule has 1 aromatic heterocycles. The van der Waals surface area contributed by atoms with Gasteiger partial charge in [0, 0.05) is 6.42 Å². The Hall–Kier alpha value is -1.90. The lowest BCUT2D eigenvalue weighted by molar-refractivity contribution is 0.303. The summed E-state index contributed by atoms with van der Waals surface area (Å²) in [6.07, 6.45) is 5.45. The van der Waals surface area contributed by atoms with Gasteiger partial charge in [0.15, 0.2) is 5.75 Å². The molecule has 0 fully saturated rings. The Bertz CT molecular complexity index is 440. The van der Waals surface area contributed by atoms with Gasteiger partial charge in [0.1, 0.15) is 12.4 Å². The number of ether oxygens (including phenoxy) is 1. The van der Waals surface area contributed by atoms with Crippen LogP contribution >= 0.6 is 0 Å². The SMILES string of the molecule is CCCc1ncc(OCc2ccccc2)cn1. The lowest BCUT2D eigenvalue weighted by atomic mass is 10.2. The minimum Gasteiger partial charge on any atom is -0.486 e. The molecule has 0 spiro atoms. The Morgan fingerprint density at radius 2 is 1.76 bits per heavy atom. The van der Waals surface area contributed by atoms with E-state index < -0.39 is 0 Å². The molecular weight excluding hydrogens is 212 g/mol. The van der Waals surface area contributed by atoms with Crippen molar-refractivity contribution in [3.8, 4) is 5.75 Å². The van der Waals surface area contributed by atoms with Crippen LogP contribution in [0, 0.1) is 0 Å². The first-order valence-corrected chi connectivity index (χ1v) is 5.86. The molecule has 88 valence electrons. The summed E-state index contributed by atoms with van der Waals surface area (Å²) in [4.78, 5) is 8.49. The highest BCUT2D eigenvalue weighted by molar-refractivity contribution is 5.17. The Labute approximate surface area is 102 Å². The number of nitrogens with zero attached hydrogens (tertiary/aromatic N) is 2. The molecule has 2 rings (SSSR count). The normalized spacial score (nSPS) is 10.2. The lowest BCUT2D eigenvalue weighted by Crippen LogP contribution is -1.98. The summed E-state index contributed by atoms with van der Waals surface area (Å²) in [7, 11) is 0. The molecular formula is C14H16N2O. The van der Waals surface area contributed by atoms with E-state index in [1.807, 2.05) is 30.3 Å². The van der Waals surface area contributed by atoms with Crippen molar-refractivity contribution in [1.82, 2.24) is 9.97 Å². The lowest BCUT2D eigenvalue weighted by Gasteiger charge is -2.05. The summed E-state index contributed by atoms with van der Waals surface area (Å²) >= 11 is 0. The highest BCUT2D eigenvalue weighted by atomic mass is 16.5. The van der Waals surface area contributed by atoms with Gasteiger partial charge < -0.3 is 4.74 Å². The maximum absolute atomic E-state index is 5.60. The molecule has 0 N–H and O–H groups in total. The third-order valence-electron chi connectivity index (χ3n) is 2.40. The van der Waals surface area contributed by atoms with Crippen LogP contribution in [0.25, 0.3) is 0 Å². The highest BCUT2D eigenvalue weighted by Crippen LogP contribution is 2.10. The monoisotopic (exact) mass is 228 g/mol. The van der Waals surface area contributed by atoms with Crippen molar-refractivity contribution in [2.75, 3.05) is 0 Å². The average molecular weight is 228 g/mol. The fourth-order valence-corrected chi connectivity index (χ4v) is 1.51. The Morgan fingerprint density at radius 1 is 1.06 bits per heavy atom. The van der Waals surface area contributed by atoms with Crippen molar-refractivity contribution >= 4 is 0 Å². The van der Waals surface area contributed by atoms with Gasteiger partial charge in [-0.2, -0.15) is 0 Å². The molecule has 0 radical (unpaired) electrons. The molecule has 0 bridgehead atoms. The summed E-state index contributed by atoms with van der Waals surface area (Å²) in [6.45, 7) is 2.67. The summed E-state index contributed by atoms with van der Waals surface area (Å²) in [6, 6.07) is 10.1. The van der Waals surface area contributed by atoms with Crippen LogP contribution in [-0.2, 0) is 13.0 Å². The van der Waals surface area contributed by atoms with Crippen molar-refractivity contribution < 1.29 is 4.74 Å². The molecule has 0 saturated heterocycles. The molecule has 0 aliphatic rings. The zero-order valence-electron chi connectivity index (χ0n) is 9.97. The summed E-state index contributed by atoms with van der Waals surface area (Å²) in [5.74, 6) is 1.59. The van der Waals surface area contributed by atoms with Crippen molar-refractivity contribution in [3.63, 3.8) is 0 Å². The first-order chi connectivity index (χ1) is 8.38. The molecule has 17 heavy (non-hydrogen) atoms. The van der Waals surface area contributed by atoms with Crippen LogP contribution in [0.3, 0.4) is 0 Å². The second-order valence-corrected chi connectivity index (χ2v) is 3.86. The van der Waals surface area contributed by atoms with Crippen molar-refractivity contribution in [1.29, 1.82) is 0 Å². The first kappa shape index (κ1) is 11.6. The van der Waals surface area contributed by atoms with Crippen LogP contribution in [0.5, 0.6) is 5.75 Å². The Morgan fingerprint density at radius 3 is 2.41 bits per heavy atom. The van der Waals surface area contributed by atoms with Gasteiger partial charge in [-0.15, -0.1) is 0 Å². The van der Waals surface area contributed by atoms with E-state index in [2.05, 4.69) is 16.9 Å². The molecule has 0 unspecified atom stereocenters. The van der Waals surface area contributed by atoms with Gasteiger partial charge in [-0.1, -0.05) is 37.3 Å². The summed E-state index contributed by atoms with van der Waals surface area (Å²) < 4.78 is 5.60. The number of hydrogen-bond donors (Lipinski definition) is 0. The number of rotatable bonds is 5. The van der Waals surface area contributed by atoms with E-state index in [0.717, 1.165) is 24.2 Å². The smallest absolute Gasteiger partial charge is 0.156 e. The van der Waals surface area contributed by atoms with Crippen LogP contribution in [0.4, 0.5) is 0 Å². The van der Waals surface area contributed by atoms with E-state index in [0.29, 0.717) is 12.4 Å². The van der Waals surface area contributed by atoms with Gasteiger partial charge in [0.05, 0.1) is 12.4 Å². The third-order valence-corrected chi connectivity index (χ3v) is 2.40. The number of aryl methyl sites for hydroxylation is 1. The third kappa shape index (κ3) is 3.55. The fourth-order valence-electron chi connectivity index (χ4n) is 1.51. The van der Waals surface area contributed by atoms with Crippen LogP contribution in [-0.4, -0.2) is 9.97 Å².